The summed E-state index contributed by atoms with van der Waals surface area (Å²) in [5.74, 6) is -1.15. The van der Waals surface area contributed by atoms with Gasteiger partial charge in [0.2, 0.25) is 5.60 Å². The van der Waals surface area contributed by atoms with E-state index < -0.39 is 17.2 Å². The van der Waals surface area contributed by atoms with Gasteiger partial charge in [-0.25, -0.2) is 4.79 Å². The third-order valence-corrected chi connectivity index (χ3v) is 5.85. The minimum atomic E-state index is -1.18. The van der Waals surface area contributed by atoms with Crippen LogP contribution in [0.25, 0.3) is 10.9 Å². The normalized spacial score (nSPS) is 23.7. The number of ether oxygens (including phenoxy) is 4. The van der Waals surface area contributed by atoms with Crippen molar-refractivity contribution in [2.45, 2.75) is 50.2 Å². The van der Waals surface area contributed by atoms with E-state index in [1.54, 1.807) is 0 Å². The summed E-state index contributed by atoms with van der Waals surface area (Å²) in [5, 5.41) is 1.03. The summed E-state index contributed by atoms with van der Waals surface area (Å²) in [6.45, 7) is 1.92. The van der Waals surface area contributed by atoms with Crippen molar-refractivity contribution < 1.29 is 38.1 Å². The number of epoxide rings is 1. The molecule has 2 aromatic rings. The van der Waals surface area contributed by atoms with E-state index in [1.807, 2.05) is 30.5 Å². The molecule has 0 bridgehead atoms. The number of ketones is 1. The molecule has 2 unspecified atom stereocenters. The summed E-state index contributed by atoms with van der Waals surface area (Å²) in [6.07, 6.45) is 3.47. The van der Waals surface area contributed by atoms with Gasteiger partial charge in [0, 0.05) is 42.8 Å². The van der Waals surface area contributed by atoms with Gasteiger partial charge < -0.3 is 23.9 Å². The predicted molar refractivity (Wildman–Crippen MR) is 113 cm³/mol. The van der Waals surface area contributed by atoms with Crippen molar-refractivity contribution in [2.75, 3.05) is 20.8 Å². The highest BCUT2D eigenvalue weighted by atomic mass is 16.6. The lowest BCUT2D eigenvalue weighted by Crippen LogP contribution is -2.41. The van der Waals surface area contributed by atoms with Crippen molar-refractivity contribution in [1.82, 2.24) is 4.98 Å². The summed E-state index contributed by atoms with van der Waals surface area (Å²) in [4.78, 5) is 48.3. The van der Waals surface area contributed by atoms with Gasteiger partial charge in [0.15, 0.2) is 5.78 Å². The molecular weight excluding hydrogens is 418 g/mol. The fourth-order valence-corrected chi connectivity index (χ4v) is 3.75. The first-order valence-corrected chi connectivity index (χ1v) is 10.3. The molecule has 0 amide bonds. The van der Waals surface area contributed by atoms with Gasteiger partial charge in [-0.1, -0.05) is 18.2 Å². The molecular formula is C23H27NO8. The number of Topliss-reactive ketones (excluding diaryl/α,β-unsaturated/α-hetero) is 1. The largest absolute Gasteiger partial charge is 0.469 e. The third-order valence-electron chi connectivity index (χ3n) is 5.85. The Morgan fingerprint density at radius 1 is 1.12 bits per heavy atom. The van der Waals surface area contributed by atoms with Crippen molar-refractivity contribution >= 4 is 34.6 Å². The standard InChI is InChI=1S/C15H15NO4.C8H12O4/c1-19-14(18)15(7-6-13(17)20-15)8-10-9-16-12-5-3-2-4-11(10)12;1-6(9)8(5-12-8)4-3-7(10)11-2/h2-5,9,16H,6-8H2,1H3;3-5H2,1-2H3. The molecule has 9 heteroatoms. The van der Waals surface area contributed by atoms with E-state index in [9.17, 15) is 19.2 Å². The first kappa shape index (κ1) is 23.5. The molecule has 2 aliphatic rings. The van der Waals surface area contributed by atoms with E-state index in [1.165, 1.54) is 21.1 Å². The SMILES string of the molecule is COC(=O)C1(Cc2c[nH]c3ccccc23)CCC(=O)O1.COC(=O)CCC1(C(C)=O)CO1. The highest BCUT2D eigenvalue weighted by Gasteiger charge is 2.49. The molecule has 2 fully saturated rings. The number of methoxy groups -OCH3 is 2. The van der Waals surface area contributed by atoms with Crippen LogP contribution in [0.4, 0.5) is 0 Å². The Morgan fingerprint density at radius 3 is 2.41 bits per heavy atom. The molecule has 172 valence electrons. The molecule has 0 aliphatic carbocycles. The summed E-state index contributed by atoms with van der Waals surface area (Å²) >= 11 is 0. The summed E-state index contributed by atoms with van der Waals surface area (Å²) in [6, 6.07) is 7.81. The fraction of sp³-hybridized carbons (Fsp3) is 0.478. The fourth-order valence-electron chi connectivity index (χ4n) is 3.75. The molecule has 9 nitrogen and oxygen atoms in total. The minimum Gasteiger partial charge on any atom is -0.469 e. The average Bonchev–Trinajstić information content (AvgIpc) is 3.37. The van der Waals surface area contributed by atoms with Crippen LogP contribution in [0.3, 0.4) is 0 Å². The number of rotatable bonds is 7. The number of carbonyl (C=O) groups excluding carboxylic acids is 4. The number of fused-ring (bicyclic) bond motifs is 1. The quantitative estimate of drug-likeness (QED) is 0.391. The summed E-state index contributed by atoms with van der Waals surface area (Å²) in [5.41, 5.74) is 0.0953. The number of benzene rings is 1. The van der Waals surface area contributed by atoms with Crippen LogP contribution in [0.5, 0.6) is 0 Å². The maximum absolute atomic E-state index is 12.0. The van der Waals surface area contributed by atoms with Crippen LogP contribution >= 0.6 is 0 Å². The molecule has 4 rings (SSSR count). The monoisotopic (exact) mass is 445 g/mol. The molecule has 2 atom stereocenters. The maximum atomic E-state index is 12.0. The molecule has 1 aromatic heterocycles. The van der Waals surface area contributed by atoms with Crippen LogP contribution < -0.4 is 0 Å². The predicted octanol–water partition coefficient (Wildman–Crippen LogP) is 2.26. The minimum absolute atomic E-state index is 0.00796. The number of esters is 3. The highest BCUT2D eigenvalue weighted by molar-refractivity contribution is 5.89. The number of para-hydroxylation sites is 1. The summed E-state index contributed by atoms with van der Waals surface area (Å²) in [7, 11) is 2.64. The van der Waals surface area contributed by atoms with Gasteiger partial charge in [-0.3, -0.25) is 14.4 Å². The zero-order chi connectivity index (χ0) is 23.4. The number of cyclic esters (lactones) is 1. The Hall–Kier alpha value is -3.20. The van der Waals surface area contributed by atoms with E-state index in [0.717, 1.165) is 16.5 Å². The van der Waals surface area contributed by atoms with Crippen molar-refractivity contribution in [3.05, 3.63) is 36.0 Å². The maximum Gasteiger partial charge on any atom is 0.350 e. The van der Waals surface area contributed by atoms with E-state index in [-0.39, 0.29) is 30.6 Å². The molecule has 0 spiro atoms. The van der Waals surface area contributed by atoms with Gasteiger partial charge in [0.05, 0.1) is 20.8 Å². The third kappa shape index (κ3) is 4.99. The van der Waals surface area contributed by atoms with Gasteiger partial charge in [0.25, 0.3) is 0 Å². The van der Waals surface area contributed by atoms with E-state index in [2.05, 4.69) is 9.72 Å². The Kier molecular flexibility index (Phi) is 6.98. The second-order valence-electron chi connectivity index (χ2n) is 7.91. The molecule has 3 heterocycles. The van der Waals surface area contributed by atoms with Gasteiger partial charge in [-0.05, 0) is 25.0 Å². The van der Waals surface area contributed by atoms with Crippen molar-refractivity contribution in [3.8, 4) is 0 Å². The lowest BCUT2D eigenvalue weighted by Gasteiger charge is -2.24. The second-order valence-corrected chi connectivity index (χ2v) is 7.91. The van der Waals surface area contributed by atoms with Crippen LogP contribution in [0.15, 0.2) is 30.5 Å². The molecule has 32 heavy (non-hydrogen) atoms. The molecule has 0 radical (unpaired) electrons. The molecule has 0 saturated carbocycles. The smallest absolute Gasteiger partial charge is 0.350 e. The lowest BCUT2D eigenvalue weighted by atomic mass is 9.91. The number of aromatic amines is 1. The van der Waals surface area contributed by atoms with E-state index >= 15 is 0 Å². The van der Waals surface area contributed by atoms with Crippen LogP contribution in [-0.2, 0) is 44.5 Å². The molecule has 1 aromatic carbocycles. The Balaban J connectivity index is 0.000000207. The van der Waals surface area contributed by atoms with Crippen LogP contribution in [0.2, 0.25) is 0 Å². The van der Waals surface area contributed by atoms with Crippen LogP contribution in [-0.4, -0.2) is 60.7 Å². The number of aromatic nitrogens is 1. The molecule has 2 saturated heterocycles. The van der Waals surface area contributed by atoms with Crippen molar-refractivity contribution in [2.24, 2.45) is 0 Å². The first-order chi connectivity index (χ1) is 15.2. The average molecular weight is 445 g/mol. The number of hydrogen-bond acceptors (Lipinski definition) is 8. The van der Waals surface area contributed by atoms with Crippen molar-refractivity contribution in [1.29, 1.82) is 0 Å². The highest BCUT2D eigenvalue weighted by Crippen LogP contribution is 2.34. The van der Waals surface area contributed by atoms with E-state index in [0.29, 0.717) is 25.9 Å². The first-order valence-electron chi connectivity index (χ1n) is 10.3. The van der Waals surface area contributed by atoms with Gasteiger partial charge >= 0.3 is 17.9 Å². The zero-order valence-corrected chi connectivity index (χ0v) is 18.4. The summed E-state index contributed by atoms with van der Waals surface area (Å²) < 4.78 is 19.6. The zero-order valence-electron chi connectivity index (χ0n) is 18.4. The number of H-pyrrole nitrogens is 1. The molecule has 2 aliphatic heterocycles. The topological polar surface area (TPSA) is 124 Å². The number of hydrogen-bond donors (Lipinski definition) is 1. The molecule has 1 N–H and O–H groups in total. The van der Waals surface area contributed by atoms with Crippen molar-refractivity contribution in [3.63, 3.8) is 0 Å². The van der Waals surface area contributed by atoms with Crippen LogP contribution in [0.1, 0.15) is 38.2 Å². The Bertz CT molecular complexity index is 1020. The second kappa shape index (κ2) is 9.52. The van der Waals surface area contributed by atoms with Crippen LogP contribution in [0, 0.1) is 0 Å². The van der Waals surface area contributed by atoms with Gasteiger partial charge in [-0.15, -0.1) is 0 Å². The van der Waals surface area contributed by atoms with Gasteiger partial charge in [0.1, 0.15) is 5.60 Å². The lowest BCUT2D eigenvalue weighted by molar-refractivity contribution is -0.172. The Labute approximate surface area is 185 Å². The Morgan fingerprint density at radius 2 is 1.84 bits per heavy atom. The number of carbonyl (C=O) groups is 4. The van der Waals surface area contributed by atoms with E-state index in [4.69, 9.17) is 14.2 Å². The van der Waals surface area contributed by atoms with Gasteiger partial charge in [-0.2, -0.15) is 0 Å². The number of nitrogens with one attached hydrogen (secondary N) is 1.